The summed E-state index contributed by atoms with van der Waals surface area (Å²) in [5, 5.41) is 3.65. The largest absolute Gasteiger partial charge is 0.394 e. The molecule has 0 bridgehead atoms. The van der Waals surface area contributed by atoms with E-state index in [1.807, 2.05) is 0 Å². The first kappa shape index (κ1) is 6.07. The third-order valence-corrected chi connectivity index (χ3v) is 1.10. The van der Waals surface area contributed by atoms with Crippen molar-refractivity contribution in [2.24, 2.45) is 0 Å². The lowest BCUT2D eigenvalue weighted by Gasteiger charge is -1.92. The first-order chi connectivity index (χ1) is 4.25. The SMILES string of the molecule is CCn1ncc(N)c1F. The fraction of sp³-hybridized carbons (Fsp3) is 0.400. The molecule has 0 unspecified atom stereocenters. The Labute approximate surface area is 52.3 Å². The second kappa shape index (κ2) is 2.05. The van der Waals surface area contributed by atoms with Gasteiger partial charge in [0.1, 0.15) is 5.69 Å². The van der Waals surface area contributed by atoms with Gasteiger partial charge in [-0.3, -0.25) is 0 Å². The van der Waals surface area contributed by atoms with Crippen LogP contribution in [0.25, 0.3) is 0 Å². The van der Waals surface area contributed by atoms with Gasteiger partial charge in [0.25, 0.3) is 0 Å². The van der Waals surface area contributed by atoms with E-state index in [-0.39, 0.29) is 5.69 Å². The van der Waals surface area contributed by atoms with Crippen LogP contribution in [-0.4, -0.2) is 9.78 Å². The topological polar surface area (TPSA) is 43.8 Å². The standard InChI is InChI=1S/C5H8FN3/c1-2-9-5(6)4(7)3-8-9/h3H,2,7H2,1H3. The number of nitrogens with zero attached hydrogens (tertiary/aromatic N) is 2. The van der Waals surface area contributed by atoms with Gasteiger partial charge in [0.15, 0.2) is 0 Å². The van der Waals surface area contributed by atoms with Crippen molar-refractivity contribution in [3.63, 3.8) is 0 Å². The fourth-order valence-corrected chi connectivity index (χ4v) is 0.605. The van der Waals surface area contributed by atoms with E-state index in [1.165, 1.54) is 10.9 Å². The van der Waals surface area contributed by atoms with Crippen LogP contribution < -0.4 is 5.73 Å². The molecule has 0 atom stereocenters. The highest BCUT2D eigenvalue weighted by Gasteiger charge is 2.02. The van der Waals surface area contributed by atoms with Crippen LogP contribution in [0.1, 0.15) is 6.92 Å². The van der Waals surface area contributed by atoms with Gasteiger partial charge < -0.3 is 5.73 Å². The van der Waals surface area contributed by atoms with Crippen molar-refractivity contribution in [1.29, 1.82) is 0 Å². The van der Waals surface area contributed by atoms with Gasteiger partial charge in [-0.25, -0.2) is 4.68 Å². The van der Waals surface area contributed by atoms with E-state index in [0.29, 0.717) is 6.54 Å². The second-order valence-corrected chi connectivity index (χ2v) is 1.71. The molecule has 0 spiro atoms. The minimum Gasteiger partial charge on any atom is -0.394 e. The van der Waals surface area contributed by atoms with Gasteiger partial charge in [0, 0.05) is 6.54 Å². The van der Waals surface area contributed by atoms with Gasteiger partial charge in [-0.2, -0.15) is 9.49 Å². The lowest BCUT2D eigenvalue weighted by atomic mass is 10.6. The summed E-state index contributed by atoms with van der Waals surface area (Å²) in [6.45, 7) is 2.32. The van der Waals surface area contributed by atoms with Crippen LogP contribution in [0.5, 0.6) is 0 Å². The molecule has 0 saturated carbocycles. The minimum absolute atomic E-state index is 0.108. The van der Waals surface area contributed by atoms with Crippen molar-refractivity contribution in [3.8, 4) is 0 Å². The number of aromatic nitrogens is 2. The summed E-state index contributed by atoms with van der Waals surface area (Å²) < 4.78 is 13.7. The minimum atomic E-state index is -0.447. The smallest absolute Gasteiger partial charge is 0.234 e. The van der Waals surface area contributed by atoms with E-state index < -0.39 is 5.95 Å². The lowest BCUT2D eigenvalue weighted by Crippen LogP contribution is -2.00. The molecule has 1 aromatic rings. The zero-order chi connectivity index (χ0) is 6.85. The summed E-state index contributed by atoms with van der Waals surface area (Å²) in [7, 11) is 0. The molecule has 0 saturated heterocycles. The number of nitrogens with two attached hydrogens (primary N) is 1. The molecule has 0 aliphatic carbocycles. The average Bonchev–Trinajstić information content (AvgIpc) is 2.15. The van der Waals surface area contributed by atoms with Gasteiger partial charge in [0.2, 0.25) is 5.95 Å². The van der Waals surface area contributed by atoms with E-state index in [2.05, 4.69) is 5.10 Å². The Hall–Kier alpha value is -1.06. The Balaban J connectivity index is 3.04. The van der Waals surface area contributed by atoms with Crippen LogP contribution in [0, 0.1) is 5.95 Å². The molecule has 0 amide bonds. The van der Waals surface area contributed by atoms with Crippen molar-refractivity contribution in [2.75, 3.05) is 5.73 Å². The molecule has 1 heterocycles. The molecule has 2 N–H and O–H groups in total. The van der Waals surface area contributed by atoms with E-state index >= 15 is 0 Å². The second-order valence-electron chi connectivity index (χ2n) is 1.71. The maximum Gasteiger partial charge on any atom is 0.234 e. The zero-order valence-electron chi connectivity index (χ0n) is 5.13. The predicted octanol–water partition coefficient (Wildman–Crippen LogP) is 0.624. The molecule has 4 heteroatoms. The summed E-state index contributed by atoms with van der Waals surface area (Å²) in [5.41, 5.74) is 5.27. The van der Waals surface area contributed by atoms with Crippen LogP contribution in [0.2, 0.25) is 0 Å². The highest BCUT2D eigenvalue weighted by molar-refractivity contribution is 5.32. The van der Waals surface area contributed by atoms with Crippen LogP contribution in [0.15, 0.2) is 6.20 Å². The average molecular weight is 129 g/mol. The Morgan fingerprint density at radius 3 is 2.78 bits per heavy atom. The third-order valence-electron chi connectivity index (χ3n) is 1.10. The van der Waals surface area contributed by atoms with Gasteiger partial charge in [0.05, 0.1) is 6.20 Å². The molecule has 1 rings (SSSR count). The monoisotopic (exact) mass is 129 g/mol. The molecule has 0 aromatic carbocycles. The maximum absolute atomic E-state index is 12.5. The van der Waals surface area contributed by atoms with Crippen LogP contribution >= 0.6 is 0 Å². The van der Waals surface area contributed by atoms with E-state index in [0.717, 1.165) is 0 Å². The first-order valence-electron chi connectivity index (χ1n) is 2.72. The molecule has 0 fully saturated rings. The van der Waals surface area contributed by atoms with Crippen LogP contribution in [-0.2, 0) is 6.54 Å². The van der Waals surface area contributed by atoms with Gasteiger partial charge >= 0.3 is 0 Å². The number of halogens is 1. The predicted molar refractivity (Wildman–Crippen MR) is 32.3 cm³/mol. The molecule has 9 heavy (non-hydrogen) atoms. The van der Waals surface area contributed by atoms with Gasteiger partial charge in [-0.15, -0.1) is 0 Å². The molecule has 50 valence electrons. The quantitative estimate of drug-likeness (QED) is 0.604. The van der Waals surface area contributed by atoms with E-state index in [1.54, 1.807) is 6.92 Å². The van der Waals surface area contributed by atoms with Gasteiger partial charge in [-0.1, -0.05) is 0 Å². The van der Waals surface area contributed by atoms with Crippen molar-refractivity contribution in [2.45, 2.75) is 13.5 Å². The molecule has 0 aliphatic heterocycles. The first-order valence-corrected chi connectivity index (χ1v) is 2.72. The van der Waals surface area contributed by atoms with Crippen molar-refractivity contribution >= 4 is 5.69 Å². The fourth-order valence-electron chi connectivity index (χ4n) is 0.605. The normalized spacial score (nSPS) is 10.0. The summed E-state index contributed by atoms with van der Waals surface area (Å²) in [4.78, 5) is 0. The van der Waals surface area contributed by atoms with Crippen LogP contribution in [0.3, 0.4) is 0 Å². The maximum atomic E-state index is 12.5. The summed E-state index contributed by atoms with van der Waals surface area (Å²) in [6.07, 6.45) is 1.30. The van der Waals surface area contributed by atoms with Crippen molar-refractivity contribution in [3.05, 3.63) is 12.1 Å². The molecule has 3 nitrogen and oxygen atoms in total. The molecule has 1 aromatic heterocycles. The number of rotatable bonds is 1. The number of hydrogen-bond acceptors (Lipinski definition) is 2. The highest BCUT2D eigenvalue weighted by Crippen LogP contribution is 2.06. The summed E-state index contributed by atoms with van der Waals surface area (Å²) >= 11 is 0. The van der Waals surface area contributed by atoms with Crippen molar-refractivity contribution in [1.82, 2.24) is 9.78 Å². The van der Waals surface area contributed by atoms with Crippen LogP contribution in [0.4, 0.5) is 10.1 Å². The number of anilines is 1. The van der Waals surface area contributed by atoms with Gasteiger partial charge in [-0.05, 0) is 6.92 Å². The lowest BCUT2D eigenvalue weighted by molar-refractivity contribution is 0.474. The highest BCUT2D eigenvalue weighted by atomic mass is 19.1. The Bertz CT molecular complexity index is 206. The molecule has 0 radical (unpaired) electrons. The molecule has 0 aliphatic rings. The molecular formula is C5H8FN3. The number of hydrogen-bond donors (Lipinski definition) is 1. The number of nitrogen functional groups attached to an aromatic ring is 1. The zero-order valence-corrected chi connectivity index (χ0v) is 5.13. The summed E-state index contributed by atoms with van der Waals surface area (Å²) in [6, 6.07) is 0. The van der Waals surface area contributed by atoms with Crippen molar-refractivity contribution < 1.29 is 4.39 Å². The Morgan fingerprint density at radius 1 is 1.89 bits per heavy atom. The summed E-state index contributed by atoms with van der Waals surface area (Å²) in [5.74, 6) is -0.447. The van der Waals surface area contributed by atoms with E-state index in [9.17, 15) is 4.39 Å². The third kappa shape index (κ3) is 0.872. The van der Waals surface area contributed by atoms with E-state index in [4.69, 9.17) is 5.73 Å². The number of aryl methyl sites for hydroxylation is 1. The Morgan fingerprint density at radius 2 is 2.56 bits per heavy atom. The molecular weight excluding hydrogens is 121 g/mol. The Kier molecular flexibility index (Phi) is 1.38.